The number of nitrogens with zero attached hydrogens (tertiary/aromatic N) is 2. The van der Waals surface area contributed by atoms with Crippen LogP contribution in [0, 0.1) is 6.92 Å². The Kier molecular flexibility index (Phi) is 5.60. The van der Waals surface area contributed by atoms with E-state index in [1.165, 1.54) is 15.4 Å². The van der Waals surface area contributed by atoms with Gasteiger partial charge < -0.3 is 0 Å². The predicted octanol–water partition coefficient (Wildman–Crippen LogP) is 3.52. The molecule has 4 nitrogen and oxygen atoms in total. The average Bonchev–Trinajstić information content (AvgIpc) is 2.63. The summed E-state index contributed by atoms with van der Waals surface area (Å²) >= 11 is 0. The summed E-state index contributed by atoms with van der Waals surface area (Å²) in [4.78, 5) is 2.06. The fraction of sp³-hybridized carbons (Fsp3) is 0.368. The Bertz CT molecular complexity index is 871. The molecule has 0 aliphatic carbocycles. The molecule has 0 amide bonds. The Balaban J connectivity index is 1.63. The van der Waals surface area contributed by atoms with E-state index < -0.39 is 21.8 Å². The van der Waals surface area contributed by atoms with Crippen molar-refractivity contribution in [2.24, 2.45) is 0 Å². The largest absolute Gasteiger partial charge is 0.416 e. The molecule has 1 fully saturated rings. The summed E-state index contributed by atoms with van der Waals surface area (Å²) in [5, 5.41) is 0. The molecule has 1 saturated heterocycles. The van der Waals surface area contributed by atoms with Gasteiger partial charge >= 0.3 is 6.18 Å². The molecule has 1 aliphatic rings. The molecule has 1 aliphatic heterocycles. The maximum atomic E-state index is 12.7. The molecule has 0 aromatic heterocycles. The Morgan fingerprint density at radius 3 is 1.96 bits per heavy atom. The minimum Gasteiger partial charge on any atom is -0.296 e. The third-order valence-electron chi connectivity index (χ3n) is 4.68. The maximum absolute atomic E-state index is 12.7. The van der Waals surface area contributed by atoms with Gasteiger partial charge in [-0.15, -0.1) is 0 Å². The first-order valence-electron chi connectivity index (χ1n) is 8.61. The third-order valence-corrected chi connectivity index (χ3v) is 6.59. The molecule has 2 aromatic rings. The summed E-state index contributed by atoms with van der Waals surface area (Å²) < 4.78 is 64.6. The van der Waals surface area contributed by atoms with Crippen molar-refractivity contribution >= 4 is 10.0 Å². The Hall–Kier alpha value is -1.90. The van der Waals surface area contributed by atoms with E-state index in [1.807, 2.05) is 19.1 Å². The van der Waals surface area contributed by atoms with Crippen LogP contribution in [0.3, 0.4) is 0 Å². The average molecular weight is 398 g/mol. The van der Waals surface area contributed by atoms with Gasteiger partial charge in [0.1, 0.15) is 0 Å². The fourth-order valence-corrected chi connectivity index (χ4v) is 4.47. The van der Waals surface area contributed by atoms with Crippen molar-refractivity contribution in [2.45, 2.75) is 24.5 Å². The van der Waals surface area contributed by atoms with E-state index in [2.05, 4.69) is 17.0 Å². The Morgan fingerprint density at radius 2 is 1.44 bits per heavy atom. The van der Waals surface area contributed by atoms with Crippen LogP contribution in [-0.2, 0) is 22.7 Å². The molecule has 0 N–H and O–H groups in total. The highest BCUT2D eigenvalue weighted by Gasteiger charge is 2.32. The highest BCUT2D eigenvalue weighted by Crippen LogP contribution is 2.30. The summed E-state index contributed by atoms with van der Waals surface area (Å²) in [5.74, 6) is 0. The number of hydrogen-bond donors (Lipinski definition) is 0. The maximum Gasteiger partial charge on any atom is 0.416 e. The molecule has 0 spiro atoms. The van der Waals surface area contributed by atoms with Crippen molar-refractivity contribution in [2.75, 3.05) is 26.2 Å². The summed E-state index contributed by atoms with van der Waals surface area (Å²) in [6, 6.07) is 11.9. The van der Waals surface area contributed by atoms with Gasteiger partial charge in [0.2, 0.25) is 10.0 Å². The zero-order chi connectivity index (χ0) is 19.7. The highest BCUT2D eigenvalue weighted by atomic mass is 32.2. The van der Waals surface area contributed by atoms with E-state index in [0.29, 0.717) is 26.2 Å². The van der Waals surface area contributed by atoms with Crippen molar-refractivity contribution in [3.8, 4) is 0 Å². The predicted molar refractivity (Wildman–Crippen MR) is 96.7 cm³/mol. The quantitative estimate of drug-likeness (QED) is 0.791. The van der Waals surface area contributed by atoms with Crippen molar-refractivity contribution in [3.05, 3.63) is 65.2 Å². The number of benzene rings is 2. The molecule has 0 saturated carbocycles. The van der Waals surface area contributed by atoms with Gasteiger partial charge in [-0.3, -0.25) is 4.90 Å². The van der Waals surface area contributed by atoms with Gasteiger partial charge in [-0.05, 0) is 36.8 Å². The topological polar surface area (TPSA) is 40.6 Å². The molecular weight excluding hydrogens is 377 g/mol. The van der Waals surface area contributed by atoms with E-state index >= 15 is 0 Å². The number of alkyl halides is 3. The second-order valence-corrected chi connectivity index (χ2v) is 8.63. The van der Waals surface area contributed by atoms with Crippen molar-refractivity contribution < 1.29 is 21.6 Å². The normalized spacial score (nSPS) is 17.2. The highest BCUT2D eigenvalue weighted by molar-refractivity contribution is 7.89. The van der Waals surface area contributed by atoms with E-state index in [4.69, 9.17) is 0 Å². The van der Waals surface area contributed by atoms with Crippen LogP contribution in [0.25, 0.3) is 0 Å². The molecule has 0 unspecified atom stereocenters. The summed E-state index contributed by atoms with van der Waals surface area (Å²) in [7, 11) is -3.79. The van der Waals surface area contributed by atoms with Crippen LogP contribution in [0.15, 0.2) is 53.4 Å². The molecule has 0 atom stereocenters. The Labute approximate surface area is 157 Å². The van der Waals surface area contributed by atoms with Crippen LogP contribution in [0.2, 0.25) is 0 Å². The van der Waals surface area contributed by atoms with Crippen LogP contribution < -0.4 is 0 Å². The second kappa shape index (κ2) is 7.61. The summed E-state index contributed by atoms with van der Waals surface area (Å²) in [6.45, 7) is 4.55. The lowest BCUT2D eigenvalue weighted by atomic mass is 10.1. The number of sulfonamides is 1. The molecule has 1 heterocycles. The van der Waals surface area contributed by atoms with Gasteiger partial charge in [0.05, 0.1) is 10.5 Å². The lowest BCUT2D eigenvalue weighted by molar-refractivity contribution is -0.137. The van der Waals surface area contributed by atoms with Gasteiger partial charge in [-0.2, -0.15) is 17.5 Å². The molecule has 3 rings (SSSR count). The van der Waals surface area contributed by atoms with Crippen molar-refractivity contribution in [1.29, 1.82) is 0 Å². The molecule has 146 valence electrons. The molecule has 0 radical (unpaired) electrons. The lowest BCUT2D eigenvalue weighted by Gasteiger charge is -2.34. The molecule has 2 aromatic carbocycles. The standard InChI is InChI=1S/C19H21F3N2O2S/c1-15-2-4-16(5-3-15)14-23-10-12-24(13-11-23)27(25,26)18-8-6-17(7-9-18)19(20,21)22/h2-9H,10-14H2,1H3. The summed E-state index contributed by atoms with van der Waals surface area (Å²) in [6.07, 6.45) is -4.48. The summed E-state index contributed by atoms with van der Waals surface area (Å²) in [5.41, 5.74) is 1.50. The smallest absolute Gasteiger partial charge is 0.296 e. The van der Waals surface area contributed by atoms with Crippen LogP contribution >= 0.6 is 0 Å². The van der Waals surface area contributed by atoms with Gasteiger partial charge in [-0.25, -0.2) is 8.42 Å². The number of piperazine rings is 1. The van der Waals surface area contributed by atoms with E-state index in [0.717, 1.165) is 30.8 Å². The van der Waals surface area contributed by atoms with Crippen molar-refractivity contribution in [3.63, 3.8) is 0 Å². The van der Waals surface area contributed by atoms with Gasteiger partial charge in [0.15, 0.2) is 0 Å². The number of hydrogen-bond acceptors (Lipinski definition) is 3. The van der Waals surface area contributed by atoms with Crippen LogP contribution in [0.5, 0.6) is 0 Å². The minimum atomic E-state index is -4.48. The van der Waals surface area contributed by atoms with Gasteiger partial charge in [0.25, 0.3) is 0 Å². The first-order valence-corrected chi connectivity index (χ1v) is 10.1. The van der Waals surface area contributed by atoms with Crippen LogP contribution in [-0.4, -0.2) is 43.8 Å². The molecule has 8 heteroatoms. The van der Waals surface area contributed by atoms with Crippen LogP contribution in [0.4, 0.5) is 13.2 Å². The molecule has 27 heavy (non-hydrogen) atoms. The van der Waals surface area contributed by atoms with Crippen molar-refractivity contribution in [1.82, 2.24) is 9.21 Å². The monoisotopic (exact) mass is 398 g/mol. The fourth-order valence-electron chi connectivity index (χ4n) is 3.04. The van der Waals surface area contributed by atoms with Crippen LogP contribution in [0.1, 0.15) is 16.7 Å². The first-order chi connectivity index (χ1) is 12.7. The SMILES string of the molecule is Cc1ccc(CN2CCN(S(=O)(=O)c3ccc(C(F)(F)F)cc3)CC2)cc1. The second-order valence-electron chi connectivity index (χ2n) is 6.69. The zero-order valence-corrected chi connectivity index (χ0v) is 15.7. The van der Waals surface area contributed by atoms with E-state index in [1.54, 1.807) is 0 Å². The lowest BCUT2D eigenvalue weighted by Crippen LogP contribution is -2.48. The minimum absolute atomic E-state index is 0.109. The van der Waals surface area contributed by atoms with Gasteiger partial charge in [-0.1, -0.05) is 29.8 Å². The number of rotatable bonds is 4. The first kappa shape index (κ1) is 19.9. The van der Waals surface area contributed by atoms with E-state index in [9.17, 15) is 21.6 Å². The third kappa shape index (κ3) is 4.69. The molecular formula is C19H21F3N2O2S. The number of halogens is 3. The Morgan fingerprint density at radius 1 is 0.889 bits per heavy atom. The van der Waals surface area contributed by atoms with Gasteiger partial charge in [0, 0.05) is 32.7 Å². The molecule has 0 bridgehead atoms. The number of aryl methyl sites for hydroxylation is 1. The zero-order valence-electron chi connectivity index (χ0n) is 14.9. The van der Waals surface area contributed by atoms with E-state index in [-0.39, 0.29) is 4.90 Å².